The van der Waals surface area contributed by atoms with Crippen LogP contribution in [0, 0.1) is 0 Å². The van der Waals surface area contributed by atoms with E-state index in [9.17, 15) is 9.59 Å². The van der Waals surface area contributed by atoms with Gasteiger partial charge in [0.25, 0.3) is 5.91 Å². The first kappa shape index (κ1) is 17.2. The van der Waals surface area contributed by atoms with Crippen LogP contribution in [0.25, 0.3) is 0 Å². The standard InChI is InChI=1S/C22H18N2O2S/c25-20-18(14-23-13-16-7-3-1-4-8-16)22(26)24(19-11-12-27-21(19)20)15-17-9-5-2-6-10-17/h1-12,14,23H,13,15H2/b18-14-. The molecular weight excluding hydrogens is 356 g/mol. The van der Waals surface area contributed by atoms with E-state index in [2.05, 4.69) is 5.32 Å². The highest BCUT2D eigenvalue weighted by molar-refractivity contribution is 7.13. The lowest BCUT2D eigenvalue weighted by Crippen LogP contribution is -2.39. The molecule has 0 radical (unpaired) electrons. The molecule has 0 spiro atoms. The molecule has 4 rings (SSSR count). The summed E-state index contributed by atoms with van der Waals surface area (Å²) < 4.78 is 0. The van der Waals surface area contributed by atoms with Crippen molar-refractivity contribution in [2.45, 2.75) is 13.1 Å². The van der Waals surface area contributed by atoms with Gasteiger partial charge in [0.15, 0.2) is 0 Å². The van der Waals surface area contributed by atoms with Gasteiger partial charge in [0.05, 0.1) is 17.1 Å². The van der Waals surface area contributed by atoms with Crippen molar-refractivity contribution in [2.75, 3.05) is 4.90 Å². The monoisotopic (exact) mass is 374 g/mol. The van der Waals surface area contributed by atoms with Crippen LogP contribution in [-0.2, 0) is 17.9 Å². The van der Waals surface area contributed by atoms with Crippen molar-refractivity contribution in [3.05, 3.63) is 99.9 Å². The van der Waals surface area contributed by atoms with Crippen molar-refractivity contribution in [3.8, 4) is 0 Å². The normalized spacial score (nSPS) is 15.1. The highest BCUT2D eigenvalue weighted by atomic mass is 32.1. The lowest BCUT2D eigenvalue weighted by molar-refractivity contribution is -0.115. The van der Waals surface area contributed by atoms with E-state index in [4.69, 9.17) is 0 Å². The van der Waals surface area contributed by atoms with Crippen LogP contribution in [0.15, 0.2) is 83.9 Å². The van der Waals surface area contributed by atoms with Gasteiger partial charge in [-0.25, -0.2) is 0 Å². The van der Waals surface area contributed by atoms with Crippen LogP contribution in [-0.4, -0.2) is 11.7 Å². The van der Waals surface area contributed by atoms with Crippen LogP contribution in [0.2, 0.25) is 0 Å². The first-order chi connectivity index (χ1) is 13.2. The minimum atomic E-state index is -0.268. The average molecular weight is 374 g/mol. The topological polar surface area (TPSA) is 49.4 Å². The number of fused-ring (bicyclic) bond motifs is 1. The number of Topliss-reactive ketones (excluding diaryl/α,β-unsaturated/α-hetero) is 1. The molecule has 0 bridgehead atoms. The molecule has 27 heavy (non-hydrogen) atoms. The summed E-state index contributed by atoms with van der Waals surface area (Å²) in [5.74, 6) is -0.481. The third kappa shape index (κ3) is 3.55. The zero-order valence-corrected chi connectivity index (χ0v) is 15.4. The average Bonchev–Trinajstić information content (AvgIpc) is 3.19. The Morgan fingerprint density at radius 1 is 0.889 bits per heavy atom. The number of carbonyl (C=O) groups is 2. The van der Waals surface area contributed by atoms with Crippen LogP contribution >= 0.6 is 11.3 Å². The Labute approximate surface area is 161 Å². The molecule has 0 aliphatic carbocycles. The summed E-state index contributed by atoms with van der Waals surface area (Å²) in [7, 11) is 0. The fraction of sp³-hybridized carbons (Fsp3) is 0.0909. The highest BCUT2D eigenvalue weighted by Gasteiger charge is 2.35. The second-order valence-corrected chi connectivity index (χ2v) is 7.18. The molecule has 134 valence electrons. The second-order valence-electron chi connectivity index (χ2n) is 6.27. The Bertz CT molecular complexity index is 993. The maximum Gasteiger partial charge on any atom is 0.264 e. The van der Waals surface area contributed by atoms with E-state index in [1.807, 2.05) is 72.1 Å². The number of amides is 1. The molecule has 0 fully saturated rings. The van der Waals surface area contributed by atoms with Gasteiger partial charge in [0, 0.05) is 12.7 Å². The second kappa shape index (κ2) is 7.60. The van der Waals surface area contributed by atoms with Crippen LogP contribution < -0.4 is 10.2 Å². The molecule has 0 atom stereocenters. The van der Waals surface area contributed by atoms with Gasteiger partial charge < -0.3 is 10.2 Å². The fourth-order valence-electron chi connectivity index (χ4n) is 3.08. The van der Waals surface area contributed by atoms with Crippen molar-refractivity contribution in [3.63, 3.8) is 0 Å². The number of rotatable bonds is 5. The van der Waals surface area contributed by atoms with Gasteiger partial charge in [0.1, 0.15) is 5.57 Å². The molecule has 4 nitrogen and oxygen atoms in total. The smallest absolute Gasteiger partial charge is 0.264 e. The largest absolute Gasteiger partial charge is 0.386 e. The molecule has 1 amide bonds. The van der Waals surface area contributed by atoms with Gasteiger partial charge in [-0.15, -0.1) is 11.3 Å². The quantitative estimate of drug-likeness (QED) is 0.539. The first-order valence-electron chi connectivity index (χ1n) is 8.69. The molecule has 1 aliphatic heterocycles. The van der Waals surface area contributed by atoms with E-state index in [1.165, 1.54) is 11.3 Å². The molecule has 2 heterocycles. The number of ketones is 1. The van der Waals surface area contributed by atoms with Crippen molar-refractivity contribution in [1.29, 1.82) is 0 Å². The first-order valence-corrected chi connectivity index (χ1v) is 9.57. The summed E-state index contributed by atoms with van der Waals surface area (Å²) in [6, 6.07) is 21.5. The van der Waals surface area contributed by atoms with E-state index in [-0.39, 0.29) is 17.3 Å². The Hall–Kier alpha value is -3.18. The Balaban J connectivity index is 1.60. The molecular formula is C22H18N2O2S. The lowest BCUT2D eigenvalue weighted by Gasteiger charge is -2.28. The lowest BCUT2D eigenvalue weighted by atomic mass is 10.0. The third-order valence-electron chi connectivity index (χ3n) is 4.44. The maximum absolute atomic E-state index is 13.0. The number of thiophene rings is 1. The summed E-state index contributed by atoms with van der Waals surface area (Å²) in [6.45, 7) is 0.994. The van der Waals surface area contributed by atoms with E-state index in [0.717, 1.165) is 11.1 Å². The number of nitrogens with zero attached hydrogens (tertiary/aromatic N) is 1. The summed E-state index contributed by atoms with van der Waals surface area (Å²) in [6.07, 6.45) is 1.55. The molecule has 3 aromatic rings. The predicted molar refractivity (Wildman–Crippen MR) is 108 cm³/mol. The summed E-state index contributed by atoms with van der Waals surface area (Å²) in [5, 5.41) is 4.97. The number of hydrogen-bond donors (Lipinski definition) is 1. The summed E-state index contributed by atoms with van der Waals surface area (Å²) in [5.41, 5.74) is 2.98. The Kier molecular flexibility index (Phi) is 4.85. The third-order valence-corrected chi connectivity index (χ3v) is 5.34. The minimum absolute atomic E-state index is 0.178. The van der Waals surface area contributed by atoms with Crippen LogP contribution in [0.5, 0.6) is 0 Å². The Morgan fingerprint density at radius 2 is 1.56 bits per heavy atom. The maximum atomic E-state index is 13.0. The van der Waals surface area contributed by atoms with E-state index in [1.54, 1.807) is 11.1 Å². The van der Waals surface area contributed by atoms with Crippen LogP contribution in [0.1, 0.15) is 20.8 Å². The molecule has 0 saturated carbocycles. The number of benzene rings is 2. The number of anilines is 1. The molecule has 0 unspecified atom stereocenters. The summed E-state index contributed by atoms with van der Waals surface area (Å²) >= 11 is 1.37. The van der Waals surface area contributed by atoms with E-state index < -0.39 is 0 Å². The molecule has 5 heteroatoms. The van der Waals surface area contributed by atoms with E-state index in [0.29, 0.717) is 23.7 Å². The van der Waals surface area contributed by atoms with Crippen molar-refractivity contribution in [2.24, 2.45) is 0 Å². The van der Waals surface area contributed by atoms with Crippen LogP contribution in [0.3, 0.4) is 0 Å². The highest BCUT2D eigenvalue weighted by Crippen LogP contribution is 2.35. The number of carbonyl (C=O) groups excluding carboxylic acids is 2. The molecule has 2 aromatic carbocycles. The minimum Gasteiger partial charge on any atom is -0.386 e. The van der Waals surface area contributed by atoms with E-state index >= 15 is 0 Å². The fourth-order valence-corrected chi connectivity index (χ4v) is 3.93. The zero-order valence-electron chi connectivity index (χ0n) is 14.6. The number of nitrogens with one attached hydrogen (secondary N) is 1. The van der Waals surface area contributed by atoms with Gasteiger partial charge >= 0.3 is 0 Å². The van der Waals surface area contributed by atoms with Crippen molar-refractivity contribution < 1.29 is 9.59 Å². The molecule has 1 aromatic heterocycles. The van der Waals surface area contributed by atoms with Gasteiger partial charge in [-0.3, -0.25) is 9.59 Å². The van der Waals surface area contributed by atoms with Gasteiger partial charge in [-0.05, 0) is 22.6 Å². The zero-order chi connectivity index (χ0) is 18.6. The molecule has 0 saturated heterocycles. The summed E-state index contributed by atoms with van der Waals surface area (Å²) in [4.78, 5) is 28.1. The predicted octanol–water partition coefficient (Wildman–Crippen LogP) is 4.15. The van der Waals surface area contributed by atoms with Gasteiger partial charge in [0.2, 0.25) is 5.78 Å². The molecule has 1 N–H and O–H groups in total. The SMILES string of the molecule is O=C1/C(=C/NCc2ccccc2)C(=O)N(Cc2ccccc2)c2ccsc21. The van der Waals surface area contributed by atoms with Crippen LogP contribution in [0.4, 0.5) is 5.69 Å². The van der Waals surface area contributed by atoms with Gasteiger partial charge in [-0.2, -0.15) is 0 Å². The van der Waals surface area contributed by atoms with Crippen molar-refractivity contribution in [1.82, 2.24) is 5.32 Å². The van der Waals surface area contributed by atoms with Crippen molar-refractivity contribution >= 4 is 28.7 Å². The Morgan fingerprint density at radius 3 is 2.26 bits per heavy atom. The van der Waals surface area contributed by atoms with Gasteiger partial charge in [-0.1, -0.05) is 60.7 Å². The molecule has 1 aliphatic rings. The number of hydrogen-bond acceptors (Lipinski definition) is 4.